The number of hydrogen-bond donors (Lipinski definition) is 0. The van der Waals surface area contributed by atoms with E-state index in [0.29, 0.717) is 11.5 Å². The minimum Gasteiger partial charge on any atom is -0.493 e. The van der Waals surface area contributed by atoms with Crippen LogP contribution in [0.2, 0.25) is 0 Å². The summed E-state index contributed by atoms with van der Waals surface area (Å²) >= 11 is 3.51. The molecule has 7 heteroatoms. The molecule has 0 spiro atoms. The van der Waals surface area contributed by atoms with Crippen molar-refractivity contribution in [3.8, 4) is 11.5 Å². The smallest absolute Gasteiger partial charge is 0.243 e. The first-order chi connectivity index (χ1) is 17.8. The molecule has 4 aromatic rings. The van der Waals surface area contributed by atoms with Crippen molar-refractivity contribution >= 4 is 26.0 Å². The Labute approximate surface area is 226 Å². The Morgan fingerprint density at radius 1 is 0.784 bits per heavy atom. The highest BCUT2D eigenvalue weighted by Gasteiger charge is 2.42. The van der Waals surface area contributed by atoms with Crippen LogP contribution in [0, 0.1) is 6.92 Å². The number of ether oxygens (including phenoxy) is 2. The van der Waals surface area contributed by atoms with Gasteiger partial charge in [0.2, 0.25) is 10.0 Å². The molecule has 0 bridgehead atoms. The average molecular weight is 579 g/mol. The van der Waals surface area contributed by atoms with Gasteiger partial charge in [-0.05, 0) is 65.6 Å². The molecule has 0 aliphatic carbocycles. The molecular formula is C30H28BrNO4S. The number of methoxy groups -OCH3 is 2. The molecule has 0 fully saturated rings. The highest BCUT2D eigenvalue weighted by Crippen LogP contribution is 2.48. The third-order valence-electron chi connectivity index (χ3n) is 6.92. The molecule has 1 aliphatic rings. The van der Waals surface area contributed by atoms with Crippen LogP contribution >= 0.6 is 15.9 Å². The zero-order valence-corrected chi connectivity index (χ0v) is 23.3. The maximum atomic E-state index is 14.3. The van der Waals surface area contributed by atoms with Crippen molar-refractivity contribution in [3.05, 3.63) is 123 Å². The van der Waals surface area contributed by atoms with E-state index in [4.69, 9.17) is 9.47 Å². The zero-order valence-electron chi connectivity index (χ0n) is 20.9. The summed E-state index contributed by atoms with van der Waals surface area (Å²) in [4.78, 5) is 0.274. The summed E-state index contributed by atoms with van der Waals surface area (Å²) in [7, 11) is -0.645. The standard InChI is InChI=1S/C30H28BrNO4S/c1-20-9-15-24(16-10-20)37(33,34)32-19-27(21-7-5-4-6-8-21)25-17-28(35-2)29(36-3)18-26(25)30(32)22-11-13-23(31)14-12-22/h4-18,27,30H,19H2,1-3H3/t27-,30+/m1/s1. The van der Waals surface area contributed by atoms with E-state index in [1.807, 2.05) is 85.8 Å². The van der Waals surface area contributed by atoms with Gasteiger partial charge in [-0.1, -0.05) is 76.1 Å². The summed E-state index contributed by atoms with van der Waals surface area (Å²) < 4.78 is 42.4. The predicted octanol–water partition coefficient (Wildman–Crippen LogP) is 6.70. The predicted molar refractivity (Wildman–Crippen MR) is 149 cm³/mol. The number of aryl methyl sites for hydroxylation is 1. The molecule has 4 aromatic carbocycles. The fraction of sp³-hybridized carbons (Fsp3) is 0.200. The van der Waals surface area contributed by atoms with E-state index in [0.717, 1.165) is 32.3 Å². The van der Waals surface area contributed by atoms with Gasteiger partial charge in [0, 0.05) is 16.9 Å². The van der Waals surface area contributed by atoms with Crippen LogP contribution in [0.5, 0.6) is 11.5 Å². The molecule has 1 aliphatic heterocycles. The minimum atomic E-state index is -3.86. The molecule has 0 unspecified atom stereocenters. The van der Waals surface area contributed by atoms with E-state index in [1.165, 1.54) is 0 Å². The van der Waals surface area contributed by atoms with Crippen molar-refractivity contribution in [2.24, 2.45) is 0 Å². The first-order valence-electron chi connectivity index (χ1n) is 12.0. The summed E-state index contributed by atoms with van der Waals surface area (Å²) in [5.74, 6) is 0.985. The van der Waals surface area contributed by atoms with Crippen molar-refractivity contribution in [3.63, 3.8) is 0 Å². The fourth-order valence-corrected chi connectivity index (χ4v) is 6.90. The average Bonchev–Trinajstić information content (AvgIpc) is 2.92. The topological polar surface area (TPSA) is 55.8 Å². The molecule has 5 nitrogen and oxygen atoms in total. The Balaban J connectivity index is 1.79. The van der Waals surface area contributed by atoms with Gasteiger partial charge >= 0.3 is 0 Å². The summed E-state index contributed by atoms with van der Waals surface area (Å²) in [5, 5.41) is 0. The third kappa shape index (κ3) is 4.79. The Morgan fingerprint density at radius 2 is 1.38 bits per heavy atom. The van der Waals surface area contributed by atoms with Crippen LogP contribution in [-0.4, -0.2) is 33.5 Å². The minimum absolute atomic E-state index is 0.192. The summed E-state index contributed by atoms with van der Waals surface area (Å²) in [6, 6.07) is 28.2. The van der Waals surface area contributed by atoms with Gasteiger partial charge < -0.3 is 9.47 Å². The van der Waals surface area contributed by atoms with E-state index in [1.54, 1.807) is 30.7 Å². The lowest BCUT2D eigenvalue weighted by atomic mass is 9.80. The van der Waals surface area contributed by atoms with Crippen molar-refractivity contribution in [2.45, 2.75) is 23.8 Å². The van der Waals surface area contributed by atoms with Gasteiger partial charge in [-0.2, -0.15) is 4.31 Å². The first kappa shape index (κ1) is 25.5. The highest BCUT2D eigenvalue weighted by molar-refractivity contribution is 9.10. The Morgan fingerprint density at radius 3 is 1.97 bits per heavy atom. The van der Waals surface area contributed by atoms with Gasteiger partial charge in [-0.3, -0.25) is 0 Å². The summed E-state index contributed by atoms with van der Waals surface area (Å²) in [6.45, 7) is 2.23. The molecule has 0 amide bonds. The SMILES string of the molecule is COc1cc2c(cc1OC)[C@H](c1ccc(Br)cc1)N(S(=O)(=O)c1ccc(C)cc1)C[C@@H]2c1ccccc1. The van der Waals surface area contributed by atoms with E-state index < -0.39 is 16.1 Å². The molecule has 1 heterocycles. The lowest BCUT2D eigenvalue weighted by Gasteiger charge is -2.41. The number of rotatable bonds is 6. The first-order valence-corrected chi connectivity index (χ1v) is 14.2. The lowest BCUT2D eigenvalue weighted by Crippen LogP contribution is -2.42. The van der Waals surface area contributed by atoms with Gasteiger partial charge in [0.05, 0.1) is 25.2 Å². The molecule has 0 N–H and O–H groups in total. The second-order valence-electron chi connectivity index (χ2n) is 9.14. The number of hydrogen-bond acceptors (Lipinski definition) is 4. The molecule has 37 heavy (non-hydrogen) atoms. The van der Waals surface area contributed by atoms with Gasteiger partial charge in [0.25, 0.3) is 0 Å². The van der Waals surface area contributed by atoms with Gasteiger partial charge in [-0.25, -0.2) is 8.42 Å². The maximum Gasteiger partial charge on any atom is 0.243 e. The molecule has 0 saturated carbocycles. The monoisotopic (exact) mass is 577 g/mol. The normalized spacial score (nSPS) is 17.7. The Bertz CT molecular complexity index is 1500. The van der Waals surface area contributed by atoms with E-state index in [-0.39, 0.29) is 17.4 Å². The van der Waals surface area contributed by atoms with E-state index >= 15 is 0 Å². The Hall–Kier alpha value is -3.13. The number of fused-ring (bicyclic) bond motifs is 1. The molecule has 0 aromatic heterocycles. The lowest BCUT2D eigenvalue weighted by molar-refractivity contribution is 0.319. The molecule has 0 saturated heterocycles. The van der Waals surface area contributed by atoms with E-state index in [9.17, 15) is 8.42 Å². The summed E-state index contributed by atoms with van der Waals surface area (Å²) in [6.07, 6.45) is 0. The largest absolute Gasteiger partial charge is 0.493 e. The highest BCUT2D eigenvalue weighted by atomic mass is 79.9. The number of sulfonamides is 1. The van der Waals surface area contributed by atoms with Crippen LogP contribution in [0.25, 0.3) is 0 Å². The van der Waals surface area contributed by atoms with Crippen LogP contribution < -0.4 is 9.47 Å². The van der Waals surface area contributed by atoms with Crippen LogP contribution in [0.4, 0.5) is 0 Å². The molecular weight excluding hydrogens is 550 g/mol. The van der Waals surface area contributed by atoms with Crippen LogP contribution in [0.3, 0.4) is 0 Å². The Kier molecular flexibility index (Phi) is 7.12. The number of benzene rings is 4. The number of nitrogens with zero attached hydrogens (tertiary/aromatic N) is 1. The van der Waals surface area contributed by atoms with Crippen molar-refractivity contribution in [2.75, 3.05) is 20.8 Å². The van der Waals surface area contributed by atoms with Crippen molar-refractivity contribution < 1.29 is 17.9 Å². The van der Waals surface area contributed by atoms with E-state index in [2.05, 4.69) is 15.9 Å². The maximum absolute atomic E-state index is 14.3. The van der Waals surface area contributed by atoms with Crippen molar-refractivity contribution in [1.29, 1.82) is 0 Å². The molecule has 5 rings (SSSR count). The van der Waals surface area contributed by atoms with Crippen LogP contribution in [0.15, 0.2) is 100 Å². The summed E-state index contributed by atoms with van der Waals surface area (Å²) in [5.41, 5.74) is 4.81. The van der Waals surface area contributed by atoms with Gasteiger partial charge in [-0.15, -0.1) is 0 Å². The molecule has 2 atom stereocenters. The third-order valence-corrected chi connectivity index (χ3v) is 9.30. The zero-order chi connectivity index (χ0) is 26.2. The second kappa shape index (κ2) is 10.3. The van der Waals surface area contributed by atoms with Crippen molar-refractivity contribution in [1.82, 2.24) is 4.31 Å². The van der Waals surface area contributed by atoms with Crippen LogP contribution in [-0.2, 0) is 10.0 Å². The van der Waals surface area contributed by atoms with Gasteiger partial charge in [0.1, 0.15) is 0 Å². The second-order valence-corrected chi connectivity index (χ2v) is 11.9. The molecule has 0 radical (unpaired) electrons. The quantitative estimate of drug-likeness (QED) is 0.256. The fourth-order valence-electron chi connectivity index (χ4n) is 5.03. The number of halogens is 1. The molecule has 190 valence electrons. The van der Waals surface area contributed by atoms with Gasteiger partial charge in [0.15, 0.2) is 11.5 Å². The van der Waals surface area contributed by atoms with Crippen LogP contribution in [0.1, 0.15) is 39.8 Å².